The summed E-state index contributed by atoms with van der Waals surface area (Å²) in [6.45, 7) is 0. The normalized spacial score (nSPS) is 19.4. The van der Waals surface area contributed by atoms with Gasteiger partial charge in [-0.05, 0) is 66.4 Å². The molecule has 1 fully saturated rings. The predicted octanol–water partition coefficient (Wildman–Crippen LogP) is 4.02. The lowest BCUT2D eigenvalue weighted by Gasteiger charge is -2.13. The molecule has 0 amide bonds. The molecule has 4 N–H and O–H groups in total. The van der Waals surface area contributed by atoms with E-state index in [0.717, 1.165) is 22.5 Å². The number of aromatic nitrogens is 6. The zero-order valence-corrected chi connectivity index (χ0v) is 18.8. The van der Waals surface area contributed by atoms with Crippen molar-refractivity contribution in [1.29, 1.82) is 0 Å². The fourth-order valence-electron chi connectivity index (χ4n) is 4.93. The number of nitrogen functional groups attached to an aromatic ring is 1. The van der Waals surface area contributed by atoms with Crippen LogP contribution in [0.3, 0.4) is 0 Å². The van der Waals surface area contributed by atoms with Gasteiger partial charge in [0.25, 0.3) is 0 Å². The Morgan fingerprint density at radius 2 is 1.91 bits per heavy atom. The highest BCUT2D eigenvalue weighted by Gasteiger charge is 2.30. The SMILES string of the molecule is Nc1ncccc1-c1nc2ccc(-n3ccc(C4CC4)n3)nc2n1-c1ccc2c(c1)C[C@H](F)[C@@H]2N. The Kier molecular flexibility index (Phi) is 4.31. The first-order valence-electron chi connectivity index (χ1n) is 11.8. The molecule has 0 bridgehead atoms. The maximum atomic E-state index is 14.3. The maximum absolute atomic E-state index is 14.3. The molecule has 174 valence electrons. The molecule has 0 saturated heterocycles. The van der Waals surface area contributed by atoms with Crippen molar-refractivity contribution < 1.29 is 4.39 Å². The van der Waals surface area contributed by atoms with Gasteiger partial charge in [-0.25, -0.2) is 24.0 Å². The Bertz CT molecular complexity index is 1600. The van der Waals surface area contributed by atoms with E-state index in [2.05, 4.69) is 11.1 Å². The second kappa shape index (κ2) is 7.44. The topological polar surface area (TPSA) is 113 Å². The molecule has 0 aliphatic heterocycles. The van der Waals surface area contributed by atoms with Gasteiger partial charge in [-0.3, -0.25) is 4.57 Å². The van der Waals surface area contributed by atoms with E-state index in [9.17, 15) is 4.39 Å². The average molecular weight is 467 g/mol. The van der Waals surface area contributed by atoms with E-state index in [0.29, 0.717) is 40.1 Å². The van der Waals surface area contributed by atoms with Crippen LogP contribution in [0, 0.1) is 0 Å². The van der Waals surface area contributed by atoms with Crippen LogP contribution < -0.4 is 11.5 Å². The average Bonchev–Trinajstić information content (AvgIpc) is 3.36. The Morgan fingerprint density at radius 3 is 2.74 bits per heavy atom. The van der Waals surface area contributed by atoms with Gasteiger partial charge >= 0.3 is 0 Å². The summed E-state index contributed by atoms with van der Waals surface area (Å²) in [6, 6.07) is 14.8. The molecule has 4 heterocycles. The standard InChI is InChI=1S/C26H23FN8/c27-19-13-15-12-16(5-6-17(15)23(19)28)35-25(18-2-1-10-30-24(18)29)31-21-7-8-22(32-26(21)35)34-11-9-20(33-34)14-3-4-14/h1-2,5-12,14,19,23H,3-4,13,28H2,(H2,29,30)/t19-,23+/m0/s1. The summed E-state index contributed by atoms with van der Waals surface area (Å²) >= 11 is 0. The van der Waals surface area contributed by atoms with E-state index in [1.54, 1.807) is 10.9 Å². The first-order chi connectivity index (χ1) is 17.1. The highest BCUT2D eigenvalue weighted by Crippen LogP contribution is 2.39. The zero-order chi connectivity index (χ0) is 23.7. The fourth-order valence-corrected chi connectivity index (χ4v) is 4.93. The van der Waals surface area contributed by atoms with Crippen LogP contribution in [0.1, 0.15) is 41.6 Å². The quantitative estimate of drug-likeness (QED) is 0.414. The number of anilines is 1. The number of imidazole rings is 1. The first-order valence-corrected chi connectivity index (χ1v) is 11.8. The van der Waals surface area contributed by atoms with Crippen LogP contribution in [-0.4, -0.2) is 35.5 Å². The summed E-state index contributed by atoms with van der Waals surface area (Å²) in [5, 5.41) is 4.73. The van der Waals surface area contributed by atoms with E-state index in [1.165, 1.54) is 12.8 Å². The van der Waals surface area contributed by atoms with Crippen molar-refractivity contribution >= 4 is 17.0 Å². The predicted molar refractivity (Wildman–Crippen MR) is 131 cm³/mol. The molecule has 0 unspecified atom stereocenters. The lowest BCUT2D eigenvalue weighted by atomic mass is 10.1. The van der Waals surface area contributed by atoms with Crippen molar-refractivity contribution in [3.05, 3.63) is 77.7 Å². The molecule has 1 saturated carbocycles. The Hall–Kier alpha value is -4.11. The van der Waals surface area contributed by atoms with Crippen molar-refractivity contribution in [1.82, 2.24) is 29.3 Å². The molecule has 2 aliphatic carbocycles. The molecule has 0 spiro atoms. The fraction of sp³-hybridized carbons (Fsp3) is 0.231. The smallest absolute Gasteiger partial charge is 0.167 e. The molecule has 5 aromatic rings. The number of pyridine rings is 2. The van der Waals surface area contributed by atoms with Crippen molar-refractivity contribution in [2.75, 3.05) is 5.73 Å². The van der Waals surface area contributed by atoms with E-state index in [-0.39, 0.29) is 6.42 Å². The Labute approximate surface area is 200 Å². The van der Waals surface area contributed by atoms with Crippen LogP contribution in [0.25, 0.3) is 34.1 Å². The first kappa shape index (κ1) is 20.3. The molecule has 2 aliphatic rings. The van der Waals surface area contributed by atoms with Crippen LogP contribution in [0.2, 0.25) is 0 Å². The monoisotopic (exact) mass is 466 g/mol. The second-order valence-electron chi connectivity index (χ2n) is 9.31. The molecular weight excluding hydrogens is 443 g/mol. The number of hydrogen-bond acceptors (Lipinski definition) is 6. The number of hydrogen-bond donors (Lipinski definition) is 2. The van der Waals surface area contributed by atoms with Crippen molar-refractivity contribution in [3.63, 3.8) is 0 Å². The summed E-state index contributed by atoms with van der Waals surface area (Å²) in [5.41, 5.74) is 18.0. The van der Waals surface area contributed by atoms with E-state index in [4.69, 9.17) is 26.5 Å². The summed E-state index contributed by atoms with van der Waals surface area (Å²) in [5.74, 6) is 2.25. The second-order valence-corrected chi connectivity index (χ2v) is 9.31. The van der Waals surface area contributed by atoms with E-state index in [1.807, 2.05) is 53.2 Å². The summed E-state index contributed by atoms with van der Waals surface area (Å²) in [4.78, 5) is 14.1. The molecule has 35 heavy (non-hydrogen) atoms. The minimum atomic E-state index is -1.08. The maximum Gasteiger partial charge on any atom is 0.167 e. The lowest BCUT2D eigenvalue weighted by molar-refractivity contribution is 0.303. The zero-order valence-electron chi connectivity index (χ0n) is 18.8. The molecule has 1 aromatic carbocycles. The Balaban J connectivity index is 1.44. The van der Waals surface area contributed by atoms with Gasteiger partial charge in [0, 0.05) is 30.4 Å². The molecular formula is C26H23FN8. The van der Waals surface area contributed by atoms with Crippen LogP contribution in [-0.2, 0) is 6.42 Å². The van der Waals surface area contributed by atoms with Gasteiger partial charge in [-0.15, -0.1) is 0 Å². The van der Waals surface area contributed by atoms with Crippen LogP contribution in [0.4, 0.5) is 10.2 Å². The summed E-state index contributed by atoms with van der Waals surface area (Å²) in [6.07, 6.45) is 5.17. The number of nitrogens with zero attached hydrogens (tertiary/aromatic N) is 6. The minimum absolute atomic E-state index is 0.289. The third kappa shape index (κ3) is 3.23. The Morgan fingerprint density at radius 1 is 1.03 bits per heavy atom. The number of halogens is 1. The number of fused-ring (bicyclic) bond motifs is 2. The highest BCUT2D eigenvalue weighted by atomic mass is 19.1. The van der Waals surface area contributed by atoms with Crippen LogP contribution in [0.15, 0.2) is 60.9 Å². The van der Waals surface area contributed by atoms with Gasteiger partial charge in [0.05, 0.1) is 17.3 Å². The largest absolute Gasteiger partial charge is 0.383 e. The number of alkyl halides is 1. The van der Waals surface area contributed by atoms with E-state index >= 15 is 0 Å². The summed E-state index contributed by atoms with van der Waals surface area (Å²) in [7, 11) is 0. The molecule has 4 aromatic heterocycles. The third-order valence-corrected chi connectivity index (χ3v) is 6.96. The molecule has 8 nitrogen and oxygen atoms in total. The van der Waals surface area contributed by atoms with Crippen LogP contribution in [0.5, 0.6) is 0 Å². The van der Waals surface area contributed by atoms with E-state index < -0.39 is 12.2 Å². The van der Waals surface area contributed by atoms with Crippen LogP contribution >= 0.6 is 0 Å². The van der Waals surface area contributed by atoms with Crippen molar-refractivity contribution in [2.24, 2.45) is 5.73 Å². The van der Waals surface area contributed by atoms with Gasteiger partial charge in [-0.2, -0.15) is 5.10 Å². The van der Waals surface area contributed by atoms with Crippen molar-refractivity contribution in [3.8, 4) is 22.9 Å². The van der Waals surface area contributed by atoms with Gasteiger partial charge in [0.15, 0.2) is 17.3 Å². The molecule has 9 heteroatoms. The number of rotatable bonds is 4. The minimum Gasteiger partial charge on any atom is -0.383 e. The highest BCUT2D eigenvalue weighted by molar-refractivity contribution is 5.83. The van der Waals surface area contributed by atoms with Gasteiger partial charge in [-0.1, -0.05) is 6.07 Å². The number of benzene rings is 1. The number of nitrogens with two attached hydrogens (primary N) is 2. The van der Waals surface area contributed by atoms with Gasteiger partial charge < -0.3 is 11.5 Å². The molecule has 7 rings (SSSR count). The van der Waals surface area contributed by atoms with Gasteiger partial charge in [0.2, 0.25) is 0 Å². The third-order valence-electron chi connectivity index (χ3n) is 6.96. The molecule has 2 atom stereocenters. The van der Waals surface area contributed by atoms with Gasteiger partial charge in [0.1, 0.15) is 17.5 Å². The summed E-state index contributed by atoms with van der Waals surface area (Å²) < 4.78 is 18.1. The lowest BCUT2D eigenvalue weighted by Crippen LogP contribution is -2.17. The van der Waals surface area contributed by atoms with Crippen molar-refractivity contribution in [2.45, 2.75) is 37.4 Å². The molecule has 0 radical (unpaired) electrons.